The zero-order chi connectivity index (χ0) is 30.2. The highest BCUT2D eigenvalue weighted by Gasteiger charge is 2.42. The van der Waals surface area contributed by atoms with Crippen LogP contribution >= 0.6 is 23.5 Å². The lowest BCUT2D eigenvalue weighted by molar-refractivity contribution is -0.193. The van der Waals surface area contributed by atoms with Gasteiger partial charge in [0.15, 0.2) is 0 Å². The fourth-order valence-corrected chi connectivity index (χ4v) is 8.22. The highest BCUT2D eigenvalue weighted by Crippen LogP contribution is 2.38. The first-order chi connectivity index (χ1) is 21.8. The Morgan fingerprint density at radius 1 is 0.523 bits per heavy atom. The van der Waals surface area contributed by atoms with E-state index in [4.69, 9.17) is 18.9 Å². The van der Waals surface area contributed by atoms with Crippen molar-refractivity contribution < 1.29 is 24.1 Å². The molecule has 1 heterocycles. The van der Waals surface area contributed by atoms with Gasteiger partial charge in [-0.1, -0.05) is 121 Å². The maximum absolute atomic E-state index is 10.8. The summed E-state index contributed by atoms with van der Waals surface area (Å²) in [5.41, 5.74) is 4.24. The number of aliphatic hydroxyl groups is 1. The quantitative estimate of drug-likeness (QED) is 0.130. The Morgan fingerprint density at radius 2 is 0.909 bits per heavy atom. The van der Waals surface area contributed by atoms with E-state index in [1.54, 1.807) is 0 Å². The van der Waals surface area contributed by atoms with Gasteiger partial charge in [0, 0.05) is 0 Å². The first kappa shape index (κ1) is 32.8. The summed E-state index contributed by atoms with van der Waals surface area (Å²) in [6, 6.07) is 40.6. The lowest BCUT2D eigenvalue weighted by Crippen LogP contribution is -2.53. The van der Waals surface area contributed by atoms with E-state index in [1.165, 1.54) is 6.42 Å². The molecule has 0 amide bonds. The van der Waals surface area contributed by atoms with Crippen molar-refractivity contribution in [2.24, 2.45) is 0 Å². The minimum atomic E-state index is -0.638. The van der Waals surface area contributed by atoms with Crippen LogP contribution in [0.2, 0.25) is 0 Å². The number of hydrogen-bond acceptors (Lipinski definition) is 7. The van der Waals surface area contributed by atoms with Crippen molar-refractivity contribution in [3.63, 3.8) is 0 Å². The Balaban J connectivity index is 1.47. The normalized spacial score (nSPS) is 16.7. The standard InChI is InChI=1S/C37H42O5S2/c38-24-33(39-25-29-14-5-1-6-15-29)34(40-26-30-16-7-2-8-17-30)35(41-27-31-18-9-3-10-19-31)36(37-43-22-13-23-44-37)42-28-32-20-11-4-12-21-32/h1-12,14-21,33-38H,13,22-28H2/t33-,34-,35-,36+/m1/s1. The van der Waals surface area contributed by atoms with Gasteiger partial charge in [0.1, 0.15) is 24.4 Å². The lowest BCUT2D eigenvalue weighted by atomic mass is 10.0. The fourth-order valence-electron chi connectivity index (χ4n) is 5.14. The number of thioether (sulfide) groups is 2. The van der Waals surface area contributed by atoms with Gasteiger partial charge in [-0.05, 0) is 40.2 Å². The first-order valence-electron chi connectivity index (χ1n) is 15.3. The third-order valence-electron chi connectivity index (χ3n) is 7.48. The van der Waals surface area contributed by atoms with Crippen molar-refractivity contribution in [3.8, 4) is 0 Å². The van der Waals surface area contributed by atoms with Gasteiger partial charge in [-0.25, -0.2) is 0 Å². The van der Waals surface area contributed by atoms with Crippen LogP contribution in [-0.4, -0.2) is 52.2 Å². The van der Waals surface area contributed by atoms with Crippen LogP contribution in [0.15, 0.2) is 121 Å². The van der Waals surface area contributed by atoms with E-state index in [0.29, 0.717) is 26.4 Å². The van der Waals surface area contributed by atoms with Crippen LogP contribution in [0.25, 0.3) is 0 Å². The summed E-state index contributed by atoms with van der Waals surface area (Å²) in [6.45, 7) is 1.34. The summed E-state index contributed by atoms with van der Waals surface area (Å²) in [5, 5.41) is 10.8. The van der Waals surface area contributed by atoms with Crippen molar-refractivity contribution in [2.45, 2.75) is 61.8 Å². The van der Waals surface area contributed by atoms with Crippen molar-refractivity contribution >= 4 is 23.5 Å². The Bertz CT molecular complexity index is 1310. The second kappa shape index (κ2) is 18.4. The Morgan fingerprint density at radius 3 is 1.34 bits per heavy atom. The lowest BCUT2D eigenvalue weighted by Gasteiger charge is -2.40. The van der Waals surface area contributed by atoms with Crippen LogP contribution in [0.5, 0.6) is 0 Å². The summed E-state index contributed by atoms with van der Waals surface area (Å²) in [5.74, 6) is 2.13. The van der Waals surface area contributed by atoms with Gasteiger partial charge in [-0.3, -0.25) is 0 Å². The average molecular weight is 631 g/mol. The van der Waals surface area contributed by atoms with Crippen molar-refractivity contribution in [1.29, 1.82) is 0 Å². The van der Waals surface area contributed by atoms with Gasteiger partial charge in [0.25, 0.3) is 0 Å². The molecule has 0 aliphatic carbocycles. The third kappa shape index (κ3) is 10.2. The van der Waals surface area contributed by atoms with E-state index in [1.807, 2.05) is 121 Å². The van der Waals surface area contributed by atoms with Gasteiger partial charge < -0.3 is 24.1 Å². The van der Waals surface area contributed by atoms with Crippen molar-refractivity contribution in [2.75, 3.05) is 18.1 Å². The van der Waals surface area contributed by atoms with Crippen LogP contribution in [0.4, 0.5) is 0 Å². The SMILES string of the molecule is OC[C@@H](OCc1ccccc1)[C@@H](OCc1ccccc1)[C@@H](OCc1ccccc1)[C@H](OCc1ccccc1)C1SCCCS1. The molecule has 1 saturated heterocycles. The van der Waals surface area contributed by atoms with Crippen molar-refractivity contribution in [1.82, 2.24) is 0 Å². The maximum atomic E-state index is 10.8. The number of benzene rings is 4. The Labute approximate surface area is 270 Å². The Kier molecular flexibility index (Phi) is 13.7. The molecule has 0 bridgehead atoms. The number of rotatable bonds is 17. The molecule has 44 heavy (non-hydrogen) atoms. The predicted molar refractivity (Wildman–Crippen MR) is 180 cm³/mol. The molecule has 1 aliphatic rings. The second-order valence-corrected chi connectivity index (χ2v) is 13.6. The number of hydrogen-bond donors (Lipinski definition) is 1. The molecule has 1 aliphatic heterocycles. The largest absolute Gasteiger partial charge is 0.394 e. The highest BCUT2D eigenvalue weighted by molar-refractivity contribution is 8.17. The smallest absolute Gasteiger partial charge is 0.115 e. The summed E-state index contributed by atoms with van der Waals surface area (Å²) >= 11 is 3.83. The molecule has 1 N–H and O–H groups in total. The fraction of sp³-hybridized carbons (Fsp3) is 0.351. The van der Waals surface area contributed by atoms with E-state index < -0.39 is 18.3 Å². The molecule has 5 nitrogen and oxygen atoms in total. The molecule has 7 heteroatoms. The third-order valence-corrected chi connectivity index (χ3v) is 10.5. The zero-order valence-corrected chi connectivity index (χ0v) is 26.6. The van der Waals surface area contributed by atoms with Crippen LogP contribution in [0, 0.1) is 0 Å². The molecule has 5 rings (SSSR count). The van der Waals surface area contributed by atoms with Crippen molar-refractivity contribution in [3.05, 3.63) is 144 Å². The molecule has 4 aromatic rings. The van der Waals surface area contributed by atoms with Gasteiger partial charge in [0.2, 0.25) is 0 Å². The van der Waals surface area contributed by atoms with Gasteiger partial charge in [-0.2, -0.15) is 0 Å². The maximum Gasteiger partial charge on any atom is 0.115 e. The second-order valence-electron chi connectivity index (χ2n) is 10.8. The van der Waals surface area contributed by atoms with Crippen LogP contribution in [0.3, 0.4) is 0 Å². The monoisotopic (exact) mass is 630 g/mol. The van der Waals surface area contributed by atoms with E-state index in [9.17, 15) is 5.11 Å². The molecule has 0 unspecified atom stereocenters. The molecule has 4 atom stereocenters. The van der Waals surface area contributed by atoms with Gasteiger partial charge >= 0.3 is 0 Å². The Hall–Kier alpha value is -2.62. The zero-order valence-electron chi connectivity index (χ0n) is 25.0. The first-order valence-corrected chi connectivity index (χ1v) is 17.4. The average Bonchev–Trinajstić information content (AvgIpc) is 3.10. The minimum Gasteiger partial charge on any atom is -0.394 e. The number of ether oxygens (including phenoxy) is 4. The van der Waals surface area contributed by atoms with Gasteiger partial charge in [0.05, 0.1) is 37.6 Å². The molecule has 1 fully saturated rings. The summed E-state index contributed by atoms with van der Waals surface area (Å²) in [4.78, 5) is 0. The molecule has 4 aromatic carbocycles. The van der Waals surface area contributed by atoms with Gasteiger partial charge in [-0.15, -0.1) is 23.5 Å². The molecule has 232 valence electrons. The molecule has 0 aromatic heterocycles. The molecule has 0 radical (unpaired) electrons. The molecular formula is C37H42O5S2. The van der Waals surface area contributed by atoms with E-state index in [0.717, 1.165) is 33.8 Å². The number of aliphatic hydroxyl groups excluding tert-OH is 1. The molecule has 0 saturated carbocycles. The van der Waals surface area contributed by atoms with E-state index in [-0.39, 0.29) is 17.3 Å². The molecular weight excluding hydrogens is 589 g/mol. The van der Waals surface area contributed by atoms with Crippen LogP contribution in [0.1, 0.15) is 28.7 Å². The van der Waals surface area contributed by atoms with E-state index in [2.05, 4.69) is 24.3 Å². The highest BCUT2D eigenvalue weighted by atomic mass is 32.2. The summed E-state index contributed by atoms with van der Waals surface area (Å²) < 4.78 is 27.0. The van der Waals surface area contributed by atoms with Crippen LogP contribution in [-0.2, 0) is 45.4 Å². The molecule has 0 spiro atoms. The minimum absolute atomic E-state index is 0.143. The van der Waals surface area contributed by atoms with E-state index >= 15 is 0 Å². The summed E-state index contributed by atoms with van der Waals surface area (Å²) in [6.07, 6.45) is -0.902. The van der Waals surface area contributed by atoms with Crippen LogP contribution < -0.4 is 0 Å². The summed E-state index contributed by atoms with van der Waals surface area (Å²) in [7, 11) is 0. The predicted octanol–water partition coefficient (Wildman–Crippen LogP) is 7.52. The topological polar surface area (TPSA) is 57.2 Å².